The molecule has 0 spiro atoms. The molecule has 0 bridgehead atoms. The molecule has 162 valence electrons. The van der Waals surface area contributed by atoms with E-state index < -0.39 is 30.3 Å². The van der Waals surface area contributed by atoms with Gasteiger partial charge in [0, 0.05) is 30.4 Å². The van der Waals surface area contributed by atoms with Gasteiger partial charge in [-0.15, -0.1) is 0 Å². The van der Waals surface area contributed by atoms with E-state index in [1.54, 1.807) is 22.9 Å². The number of hydrogen-bond donors (Lipinski definition) is 1. The summed E-state index contributed by atoms with van der Waals surface area (Å²) in [6.45, 7) is 2.63. The molecule has 8 nitrogen and oxygen atoms in total. The zero-order valence-corrected chi connectivity index (χ0v) is 16.8. The molecule has 0 amide bonds. The Balaban J connectivity index is 1.49. The second kappa shape index (κ2) is 7.61. The number of halogens is 3. The first-order valence-corrected chi connectivity index (χ1v) is 9.57. The summed E-state index contributed by atoms with van der Waals surface area (Å²) in [7, 11) is 0. The number of ketones is 1. The van der Waals surface area contributed by atoms with E-state index in [1.165, 1.54) is 0 Å². The highest BCUT2D eigenvalue weighted by molar-refractivity contribution is 5.86. The van der Waals surface area contributed by atoms with Crippen molar-refractivity contribution in [3.05, 3.63) is 36.0 Å². The fourth-order valence-electron chi connectivity index (χ4n) is 3.97. The lowest BCUT2D eigenvalue weighted by Gasteiger charge is -2.19. The van der Waals surface area contributed by atoms with Crippen molar-refractivity contribution in [2.45, 2.75) is 20.0 Å². The summed E-state index contributed by atoms with van der Waals surface area (Å²) in [4.78, 5) is 17.8. The van der Waals surface area contributed by atoms with Gasteiger partial charge in [-0.05, 0) is 26.0 Å². The topological polar surface area (TPSA) is 99.5 Å². The molecule has 1 aliphatic heterocycles. The van der Waals surface area contributed by atoms with Crippen LogP contribution >= 0.6 is 0 Å². The zero-order chi connectivity index (χ0) is 22.3. The molecule has 1 saturated heterocycles. The summed E-state index contributed by atoms with van der Waals surface area (Å²) in [6, 6.07) is 3.66. The predicted molar refractivity (Wildman–Crippen MR) is 104 cm³/mol. The van der Waals surface area contributed by atoms with Crippen molar-refractivity contribution in [2.24, 2.45) is 11.8 Å². The highest BCUT2D eigenvalue weighted by Gasteiger charge is 2.52. The van der Waals surface area contributed by atoms with Crippen LogP contribution in [0.5, 0.6) is 0 Å². The van der Waals surface area contributed by atoms with Crippen molar-refractivity contribution < 1.29 is 22.5 Å². The minimum Gasteiger partial charge on any atom is -0.362 e. The maximum Gasteiger partial charge on any atom is 0.394 e. The van der Waals surface area contributed by atoms with Crippen LogP contribution in [0.3, 0.4) is 0 Å². The lowest BCUT2D eigenvalue weighted by molar-refractivity contribution is -0.182. The molecule has 31 heavy (non-hydrogen) atoms. The van der Waals surface area contributed by atoms with E-state index in [9.17, 15) is 18.0 Å². The number of likely N-dealkylation sites (tertiary alicyclic amines) is 1. The number of nitriles is 1. The Morgan fingerprint density at radius 3 is 2.74 bits per heavy atom. The number of carbonyl (C=O) groups excluding carboxylic acids is 1. The minimum atomic E-state index is -4.54. The number of carbonyl (C=O) groups is 1. The number of rotatable bonds is 5. The Hall–Kier alpha value is -3.55. The molecule has 0 aliphatic carbocycles. The standard InChI is InChI=1S/C20H19F3N6O2/c1-11-19(12(2)31-27-11)13-3-4-18-26-17(9-29(18)6-13)25-5-16(30)14-7-28(10-24)8-15(14)20(21,22)23/h3-4,6,9,14-15,25H,5,7-8H2,1-2H3/t14-,15-/m1/s1. The van der Waals surface area contributed by atoms with Crippen LogP contribution in [0, 0.1) is 37.1 Å². The molecule has 0 unspecified atom stereocenters. The van der Waals surface area contributed by atoms with Gasteiger partial charge >= 0.3 is 6.18 Å². The molecule has 0 radical (unpaired) electrons. The van der Waals surface area contributed by atoms with Crippen LogP contribution in [0.1, 0.15) is 11.5 Å². The van der Waals surface area contributed by atoms with Crippen molar-refractivity contribution in [1.29, 1.82) is 5.26 Å². The predicted octanol–water partition coefficient (Wildman–Crippen LogP) is 3.18. The third-order valence-electron chi connectivity index (χ3n) is 5.51. The van der Waals surface area contributed by atoms with E-state index in [-0.39, 0.29) is 13.1 Å². The maximum absolute atomic E-state index is 13.3. The van der Waals surface area contributed by atoms with Crippen LogP contribution in [0.2, 0.25) is 0 Å². The lowest BCUT2D eigenvalue weighted by Crippen LogP contribution is -2.36. The number of nitrogens with one attached hydrogen (secondary N) is 1. The van der Waals surface area contributed by atoms with Crippen LogP contribution in [0.15, 0.2) is 29.0 Å². The molecule has 4 rings (SSSR count). The normalized spacial score (nSPS) is 19.0. The second-order valence-electron chi connectivity index (χ2n) is 7.59. The number of alkyl halides is 3. The number of aromatic nitrogens is 3. The Kier molecular flexibility index (Phi) is 5.08. The van der Waals surface area contributed by atoms with E-state index in [1.807, 2.05) is 26.1 Å². The van der Waals surface area contributed by atoms with Crippen molar-refractivity contribution in [2.75, 3.05) is 25.0 Å². The summed E-state index contributed by atoms with van der Waals surface area (Å²) in [5.74, 6) is -2.69. The number of nitrogens with zero attached hydrogens (tertiary/aromatic N) is 5. The van der Waals surface area contributed by atoms with Gasteiger partial charge in [0.25, 0.3) is 0 Å². The molecule has 1 fully saturated rings. The molecule has 0 aromatic carbocycles. The van der Waals surface area contributed by atoms with Gasteiger partial charge in [-0.2, -0.15) is 18.4 Å². The maximum atomic E-state index is 13.3. The van der Waals surface area contributed by atoms with Crippen LogP contribution in [0.25, 0.3) is 16.8 Å². The first-order valence-electron chi connectivity index (χ1n) is 9.57. The summed E-state index contributed by atoms with van der Waals surface area (Å²) < 4.78 is 46.7. The quantitative estimate of drug-likeness (QED) is 0.618. The Bertz CT molecular complexity index is 1160. The third kappa shape index (κ3) is 3.93. The third-order valence-corrected chi connectivity index (χ3v) is 5.51. The van der Waals surface area contributed by atoms with Gasteiger partial charge < -0.3 is 19.1 Å². The van der Waals surface area contributed by atoms with Gasteiger partial charge in [0.15, 0.2) is 12.0 Å². The number of aryl methyl sites for hydroxylation is 2. The highest BCUT2D eigenvalue weighted by atomic mass is 19.4. The average Bonchev–Trinajstić information content (AvgIpc) is 3.41. The van der Waals surface area contributed by atoms with Gasteiger partial charge in [0.05, 0.1) is 30.3 Å². The summed E-state index contributed by atoms with van der Waals surface area (Å²) in [5.41, 5.74) is 3.11. The monoisotopic (exact) mass is 432 g/mol. The number of fused-ring (bicyclic) bond motifs is 1. The smallest absolute Gasteiger partial charge is 0.362 e. The number of hydrogen-bond acceptors (Lipinski definition) is 7. The van der Waals surface area contributed by atoms with Crippen molar-refractivity contribution >= 4 is 17.2 Å². The van der Waals surface area contributed by atoms with E-state index >= 15 is 0 Å². The van der Waals surface area contributed by atoms with E-state index in [0.29, 0.717) is 17.2 Å². The Labute approximate surface area is 175 Å². The molecular weight excluding hydrogens is 413 g/mol. The fraction of sp³-hybridized carbons (Fsp3) is 0.400. The van der Waals surface area contributed by atoms with Gasteiger partial charge in [-0.3, -0.25) is 4.79 Å². The largest absolute Gasteiger partial charge is 0.394 e. The minimum absolute atomic E-state index is 0.229. The molecule has 1 aliphatic rings. The van der Waals surface area contributed by atoms with Gasteiger partial charge in [-0.1, -0.05) is 5.16 Å². The van der Waals surface area contributed by atoms with Crippen molar-refractivity contribution in [3.63, 3.8) is 0 Å². The second-order valence-corrected chi connectivity index (χ2v) is 7.59. The van der Waals surface area contributed by atoms with Crippen molar-refractivity contribution in [3.8, 4) is 17.3 Å². The SMILES string of the molecule is Cc1noc(C)c1-c1ccc2nc(NCC(=O)[C@@H]3CN(C#N)C[C@H]3C(F)(F)F)cn2c1. The summed E-state index contributed by atoms with van der Waals surface area (Å²) in [5, 5.41) is 15.7. The van der Waals surface area contributed by atoms with Gasteiger partial charge in [0.1, 0.15) is 17.2 Å². The molecule has 3 aromatic heterocycles. The summed E-state index contributed by atoms with van der Waals surface area (Å²) >= 11 is 0. The van der Waals surface area contributed by atoms with Crippen LogP contribution < -0.4 is 5.32 Å². The number of Topliss-reactive ketones (excluding diaryl/α,β-unsaturated/α-hetero) is 1. The first-order chi connectivity index (χ1) is 14.7. The number of imidazole rings is 1. The molecule has 3 aromatic rings. The molecule has 0 saturated carbocycles. The van der Waals surface area contributed by atoms with Gasteiger partial charge in [0.2, 0.25) is 0 Å². The molecular formula is C20H19F3N6O2. The van der Waals surface area contributed by atoms with E-state index in [2.05, 4.69) is 15.5 Å². The van der Waals surface area contributed by atoms with Gasteiger partial charge in [-0.25, -0.2) is 4.98 Å². The summed E-state index contributed by atoms with van der Waals surface area (Å²) in [6.07, 6.45) is 0.654. The zero-order valence-electron chi connectivity index (χ0n) is 16.8. The Morgan fingerprint density at radius 2 is 2.10 bits per heavy atom. The molecule has 1 N–H and O–H groups in total. The first kappa shape index (κ1) is 20.7. The number of anilines is 1. The molecule has 2 atom stereocenters. The Morgan fingerprint density at radius 1 is 1.32 bits per heavy atom. The van der Waals surface area contributed by atoms with E-state index in [0.717, 1.165) is 21.7 Å². The molecule has 11 heteroatoms. The fourth-order valence-corrected chi connectivity index (χ4v) is 3.97. The van der Waals surface area contributed by atoms with Crippen LogP contribution in [-0.4, -0.2) is 51.0 Å². The van der Waals surface area contributed by atoms with Crippen molar-refractivity contribution in [1.82, 2.24) is 19.4 Å². The highest BCUT2D eigenvalue weighted by Crippen LogP contribution is 2.37. The number of pyridine rings is 1. The lowest BCUT2D eigenvalue weighted by atomic mass is 9.91. The van der Waals surface area contributed by atoms with Crippen LogP contribution in [-0.2, 0) is 4.79 Å². The molecule has 4 heterocycles. The van der Waals surface area contributed by atoms with Crippen LogP contribution in [0.4, 0.5) is 19.0 Å². The van der Waals surface area contributed by atoms with E-state index in [4.69, 9.17) is 9.78 Å². The average molecular weight is 432 g/mol.